The Kier molecular flexibility index (Phi) is 4.56. The Labute approximate surface area is 152 Å². The second-order valence-corrected chi connectivity index (χ2v) is 6.35. The van der Waals surface area contributed by atoms with Gasteiger partial charge < -0.3 is 24.8 Å². The first-order chi connectivity index (χ1) is 12.8. The van der Waals surface area contributed by atoms with Crippen LogP contribution < -0.4 is 24.8 Å². The predicted octanol–water partition coefficient (Wildman–Crippen LogP) is 2.93. The van der Waals surface area contributed by atoms with E-state index in [9.17, 15) is 4.79 Å². The summed E-state index contributed by atoms with van der Waals surface area (Å²) in [6.45, 7) is 1.95. The Morgan fingerprint density at radius 3 is 2.92 bits per heavy atom. The number of anilines is 1. The molecule has 0 bridgehead atoms. The van der Waals surface area contributed by atoms with E-state index in [0.717, 1.165) is 24.3 Å². The topological polar surface area (TPSA) is 68.8 Å². The van der Waals surface area contributed by atoms with Gasteiger partial charge in [0.2, 0.25) is 0 Å². The van der Waals surface area contributed by atoms with E-state index < -0.39 is 0 Å². The van der Waals surface area contributed by atoms with Crippen LogP contribution in [0.25, 0.3) is 0 Å². The fourth-order valence-electron chi connectivity index (χ4n) is 3.56. The molecule has 136 valence electrons. The van der Waals surface area contributed by atoms with Crippen molar-refractivity contribution in [2.45, 2.75) is 19.3 Å². The lowest BCUT2D eigenvalue weighted by atomic mass is 9.97. The van der Waals surface area contributed by atoms with E-state index in [1.165, 1.54) is 16.7 Å². The van der Waals surface area contributed by atoms with Crippen molar-refractivity contribution >= 4 is 11.7 Å². The lowest BCUT2D eigenvalue weighted by Crippen LogP contribution is -2.30. The number of nitrogens with one attached hydrogen (secondary N) is 2. The maximum atomic E-state index is 12.2. The minimum absolute atomic E-state index is 0.254. The normalized spacial score (nSPS) is 14.0. The largest absolute Gasteiger partial charge is 0.495 e. The number of rotatable bonds is 5. The van der Waals surface area contributed by atoms with Crippen molar-refractivity contribution in [3.05, 3.63) is 47.0 Å². The minimum atomic E-state index is -0.254. The quantitative estimate of drug-likeness (QED) is 0.866. The van der Waals surface area contributed by atoms with Gasteiger partial charge in [0.1, 0.15) is 17.2 Å². The van der Waals surface area contributed by atoms with Crippen LogP contribution in [0.4, 0.5) is 10.5 Å². The van der Waals surface area contributed by atoms with Crippen LogP contribution in [0.5, 0.6) is 17.2 Å². The van der Waals surface area contributed by atoms with Crippen molar-refractivity contribution in [2.24, 2.45) is 0 Å². The van der Waals surface area contributed by atoms with Gasteiger partial charge in [-0.25, -0.2) is 4.79 Å². The molecule has 26 heavy (non-hydrogen) atoms. The Hall–Kier alpha value is -2.89. The molecule has 6 heteroatoms. The van der Waals surface area contributed by atoms with Gasteiger partial charge in [0, 0.05) is 36.1 Å². The molecule has 2 N–H and O–H groups in total. The summed E-state index contributed by atoms with van der Waals surface area (Å²) in [5, 5.41) is 5.73. The van der Waals surface area contributed by atoms with Crippen LogP contribution in [0.3, 0.4) is 0 Å². The summed E-state index contributed by atoms with van der Waals surface area (Å²) >= 11 is 0. The summed E-state index contributed by atoms with van der Waals surface area (Å²) in [7, 11) is 1.58. The van der Waals surface area contributed by atoms with Crippen LogP contribution in [0.2, 0.25) is 0 Å². The lowest BCUT2D eigenvalue weighted by Gasteiger charge is -2.14. The Morgan fingerprint density at radius 2 is 2.04 bits per heavy atom. The van der Waals surface area contributed by atoms with Crippen LogP contribution >= 0.6 is 0 Å². The Bertz CT molecular complexity index is 803. The van der Waals surface area contributed by atoms with E-state index in [0.29, 0.717) is 37.6 Å². The van der Waals surface area contributed by atoms with Gasteiger partial charge in [-0.15, -0.1) is 0 Å². The molecule has 0 aromatic heterocycles. The summed E-state index contributed by atoms with van der Waals surface area (Å²) in [5.41, 5.74) is 4.24. The van der Waals surface area contributed by atoms with Gasteiger partial charge in [0.05, 0.1) is 26.0 Å². The monoisotopic (exact) mass is 354 g/mol. The van der Waals surface area contributed by atoms with Crippen LogP contribution in [0.1, 0.15) is 16.7 Å². The van der Waals surface area contributed by atoms with E-state index in [1.54, 1.807) is 13.2 Å². The summed E-state index contributed by atoms with van der Waals surface area (Å²) < 4.78 is 16.8. The molecule has 2 aliphatic rings. The minimum Gasteiger partial charge on any atom is -0.495 e. The Morgan fingerprint density at radius 1 is 1.19 bits per heavy atom. The number of ether oxygens (including phenoxy) is 3. The summed E-state index contributed by atoms with van der Waals surface area (Å²) in [6.07, 6.45) is 2.53. The lowest BCUT2D eigenvalue weighted by molar-refractivity contribution is 0.252. The van der Waals surface area contributed by atoms with Crippen molar-refractivity contribution in [2.75, 3.05) is 32.2 Å². The number of carbonyl (C=O) groups excluding carboxylic acids is 1. The second kappa shape index (κ2) is 7.15. The molecule has 0 aliphatic carbocycles. The molecule has 2 aromatic carbocycles. The number of carbonyl (C=O) groups is 1. The zero-order chi connectivity index (χ0) is 17.9. The maximum absolute atomic E-state index is 12.2. The summed E-state index contributed by atoms with van der Waals surface area (Å²) in [6, 6.07) is 9.18. The third-order valence-corrected chi connectivity index (χ3v) is 4.78. The summed E-state index contributed by atoms with van der Waals surface area (Å²) in [5.74, 6) is 2.59. The molecule has 2 aliphatic heterocycles. The van der Waals surface area contributed by atoms with E-state index in [1.807, 2.05) is 18.2 Å². The van der Waals surface area contributed by atoms with Gasteiger partial charge in [0.15, 0.2) is 0 Å². The van der Waals surface area contributed by atoms with Crippen molar-refractivity contribution < 1.29 is 19.0 Å². The highest BCUT2D eigenvalue weighted by Gasteiger charge is 2.26. The molecular weight excluding hydrogens is 332 g/mol. The van der Waals surface area contributed by atoms with Crippen molar-refractivity contribution in [1.29, 1.82) is 0 Å². The molecule has 0 radical (unpaired) electrons. The number of benzene rings is 2. The number of fused-ring (bicyclic) bond motifs is 2. The second-order valence-electron chi connectivity index (χ2n) is 6.35. The molecular formula is C20H22N2O4. The number of urea groups is 1. The number of hydrogen-bond donors (Lipinski definition) is 2. The molecule has 0 saturated heterocycles. The number of para-hydroxylation sites is 2. The van der Waals surface area contributed by atoms with Gasteiger partial charge >= 0.3 is 6.03 Å². The highest BCUT2D eigenvalue weighted by Crippen LogP contribution is 2.40. The molecule has 2 amide bonds. The highest BCUT2D eigenvalue weighted by molar-refractivity contribution is 5.90. The molecule has 6 nitrogen and oxygen atoms in total. The first kappa shape index (κ1) is 16.6. The first-order valence-corrected chi connectivity index (χ1v) is 8.87. The molecule has 2 aromatic rings. The van der Waals surface area contributed by atoms with Gasteiger partial charge in [0.25, 0.3) is 0 Å². The van der Waals surface area contributed by atoms with Crippen molar-refractivity contribution in [1.82, 2.24) is 5.32 Å². The third kappa shape index (κ3) is 3.14. The van der Waals surface area contributed by atoms with Gasteiger partial charge in [-0.3, -0.25) is 0 Å². The van der Waals surface area contributed by atoms with Crippen LogP contribution in [0.15, 0.2) is 30.3 Å². The first-order valence-electron chi connectivity index (χ1n) is 8.87. The van der Waals surface area contributed by atoms with Crippen LogP contribution in [-0.4, -0.2) is 32.9 Å². The SMILES string of the molecule is COc1ccccc1NC(=O)NCCc1c2c(cc3c1OCC3)OCC2. The standard InChI is InChI=1S/C20H22N2O4/c1-24-17-5-3-2-4-16(17)22-20(23)21-9-6-15-14-8-11-25-18(14)12-13-7-10-26-19(13)15/h2-5,12H,6-11H2,1H3,(H2,21,22,23). The van der Waals surface area contributed by atoms with E-state index >= 15 is 0 Å². The highest BCUT2D eigenvalue weighted by atomic mass is 16.5. The van der Waals surface area contributed by atoms with E-state index in [2.05, 4.69) is 16.7 Å². The molecule has 0 unspecified atom stereocenters. The fourth-order valence-corrected chi connectivity index (χ4v) is 3.56. The van der Waals surface area contributed by atoms with E-state index in [-0.39, 0.29) is 6.03 Å². The maximum Gasteiger partial charge on any atom is 0.319 e. The van der Waals surface area contributed by atoms with Crippen LogP contribution in [-0.2, 0) is 19.3 Å². The Balaban J connectivity index is 1.40. The van der Waals surface area contributed by atoms with Gasteiger partial charge in [-0.05, 0) is 24.6 Å². The predicted molar refractivity (Wildman–Crippen MR) is 98.6 cm³/mol. The van der Waals surface area contributed by atoms with Crippen molar-refractivity contribution in [3.8, 4) is 17.2 Å². The average Bonchev–Trinajstić information content (AvgIpc) is 3.30. The van der Waals surface area contributed by atoms with Gasteiger partial charge in [-0.1, -0.05) is 12.1 Å². The number of hydrogen-bond acceptors (Lipinski definition) is 4. The number of amides is 2. The van der Waals surface area contributed by atoms with Crippen LogP contribution in [0, 0.1) is 0 Å². The molecule has 0 atom stereocenters. The molecule has 0 spiro atoms. The zero-order valence-corrected chi connectivity index (χ0v) is 14.8. The van der Waals surface area contributed by atoms with Crippen molar-refractivity contribution in [3.63, 3.8) is 0 Å². The summed E-state index contributed by atoms with van der Waals surface area (Å²) in [4.78, 5) is 12.2. The fraction of sp³-hybridized carbons (Fsp3) is 0.350. The molecule has 0 saturated carbocycles. The zero-order valence-electron chi connectivity index (χ0n) is 14.8. The smallest absolute Gasteiger partial charge is 0.319 e. The molecule has 0 fully saturated rings. The third-order valence-electron chi connectivity index (χ3n) is 4.78. The van der Waals surface area contributed by atoms with Gasteiger partial charge in [-0.2, -0.15) is 0 Å². The molecule has 4 rings (SSSR count). The van der Waals surface area contributed by atoms with E-state index in [4.69, 9.17) is 14.2 Å². The average molecular weight is 354 g/mol. The number of methoxy groups -OCH3 is 1. The molecule has 2 heterocycles.